The maximum Gasteiger partial charge on any atom is 0.421 e. The van der Waals surface area contributed by atoms with Crippen molar-refractivity contribution in [1.29, 1.82) is 0 Å². The van der Waals surface area contributed by atoms with Crippen LogP contribution in [0.5, 0.6) is 5.75 Å². The highest BCUT2D eigenvalue weighted by Crippen LogP contribution is 2.34. The third-order valence-electron chi connectivity index (χ3n) is 6.49. The average molecular weight is 536 g/mol. The quantitative estimate of drug-likeness (QED) is 0.306. The summed E-state index contributed by atoms with van der Waals surface area (Å²) in [5, 5.41) is 17.5. The van der Waals surface area contributed by atoms with E-state index in [0.717, 1.165) is 32.8 Å². The minimum atomic E-state index is -4.75. The fraction of sp³-hybridized carbons (Fsp3) is 0.214. The van der Waals surface area contributed by atoms with Crippen LogP contribution in [0.4, 0.5) is 13.2 Å². The van der Waals surface area contributed by atoms with Gasteiger partial charge >= 0.3 is 6.18 Å². The van der Waals surface area contributed by atoms with Crippen LogP contribution in [0, 0.1) is 13.8 Å². The number of alkyl halides is 3. The number of para-hydroxylation sites is 1. The van der Waals surface area contributed by atoms with E-state index in [1.165, 1.54) is 12.3 Å². The van der Waals surface area contributed by atoms with Crippen LogP contribution in [0.15, 0.2) is 65.8 Å². The van der Waals surface area contributed by atoms with Crippen LogP contribution in [0.3, 0.4) is 0 Å². The van der Waals surface area contributed by atoms with E-state index in [0.29, 0.717) is 33.8 Å². The number of pyridine rings is 3. The lowest BCUT2D eigenvalue weighted by molar-refractivity contribution is -0.138. The smallest absolute Gasteiger partial charge is 0.421 e. The lowest BCUT2D eigenvalue weighted by Crippen LogP contribution is -2.29. The molecule has 0 fully saturated rings. The summed E-state index contributed by atoms with van der Waals surface area (Å²) in [4.78, 5) is 21.5. The van der Waals surface area contributed by atoms with Gasteiger partial charge in [0.15, 0.2) is 0 Å². The summed E-state index contributed by atoms with van der Waals surface area (Å²) in [6.07, 6.45) is -0.329. The number of hydrogen-bond donors (Lipinski definition) is 2. The van der Waals surface area contributed by atoms with E-state index in [4.69, 9.17) is 4.74 Å². The van der Waals surface area contributed by atoms with Crippen molar-refractivity contribution in [2.45, 2.75) is 39.8 Å². The number of aromatic nitrogens is 5. The second-order valence-electron chi connectivity index (χ2n) is 9.09. The van der Waals surface area contributed by atoms with Crippen molar-refractivity contribution >= 4 is 10.9 Å². The molecule has 39 heavy (non-hydrogen) atoms. The van der Waals surface area contributed by atoms with Gasteiger partial charge in [0, 0.05) is 40.2 Å². The molecule has 5 aromatic rings. The highest BCUT2D eigenvalue weighted by Gasteiger charge is 2.34. The molecule has 11 heteroatoms. The molecule has 0 saturated heterocycles. The standard InChI is InChI=1S/C28H24F3N5O3/c1-16-8-9-32-23(13-36-10-4-6-22(27(36)38)28(29,30)31)21(16)15-39-24-7-3-5-19-20(11-17(2)34-26(19)24)25-18(14-37)12-33-35-25/h3-12,37H,13-15H2,1-2H3,(H,33,35). The van der Waals surface area contributed by atoms with Crippen LogP contribution in [-0.4, -0.2) is 29.8 Å². The summed E-state index contributed by atoms with van der Waals surface area (Å²) < 4.78 is 47.0. The number of nitrogens with zero attached hydrogens (tertiary/aromatic N) is 4. The zero-order valence-corrected chi connectivity index (χ0v) is 21.1. The zero-order valence-electron chi connectivity index (χ0n) is 21.1. The summed E-state index contributed by atoms with van der Waals surface area (Å²) in [5.41, 5.74) is 3.00. The Bertz CT molecular complexity index is 1730. The summed E-state index contributed by atoms with van der Waals surface area (Å²) in [5.74, 6) is 0.493. The van der Waals surface area contributed by atoms with Gasteiger partial charge in [-0.15, -0.1) is 0 Å². The fourth-order valence-corrected chi connectivity index (χ4v) is 4.50. The number of nitrogens with one attached hydrogen (secondary N) is 1. The Morgan fingerprint density at radius 2 is 1.95 bits per heavy atom. The first-order valence-corrected chi connectivity index (χ1v) is 12.0. The largest absolute Gasteiger partial charge is 0.487 e. The predicted molar refractivity (Wildman–Crippen MR) is 138 cm³/mol. The SMILES string of the molecule is Cc1cc(-c2[nH]ncc2CO)c2cccc(OCc3c(C)ccnc3Cn3cccc(C(F)(F)F)c3=O)c2n1. The number of fused-ring (bicyclic) bond motifs is 1. The summed E-state index contributed by atoms with van der Waals surface area (Å²) in [7, 11) is 0. The number of aryl methyl sites for hydroxylation is 2. The van der Waals surface area contributed by atoms with Crippen molar-refractivity contribution in [3.8, 4) is 17.0 Å². The molecule has 0 unspecified atom stereocenters. The Hall–Kier alpha value is -4.51. The molecule has 0 radical (unpaired) electrons. The maximum absolute atomic E-state index is 13.3. The lowest BCUT2D eigenvalue weighted by Gasteiger charge is -2.16. The van der Waals surface area contributed by atoms with E-state index < -0.39 is 17.3 Å². The summed E-state index contributed by atoms with van der Waals surface area (Å²) >= 11 is 0. The number of halogens is 3. The second-order valence-corrected chi connectivity index (χ2v) is 9.09. The monoisotopic (exact) mass is 535 g/mol. The van der Waals surface area contributed by atoms with Gasteiger partial charge in [-0.25, -0.2) is 4.98 Å². The van der Waals surface area contributed by atoms with Gasteiger partial charge < -0.3 is 14.4 Å². The van der Waals surface area contributed by atoms with Gasteiger partial charge in [0.2, 0.25) is 0 Å². The summed E-state index contributed by atoms with van der Waals surface area (Å²) in [6.45, 7) is 3.42. The fourth-order valence-electron chi connectivity index (χ4n) is 4.50. The molecule has 200 valence electrons. The molecule has 1 aromatic carbocycles. The number of ether oxygens (including phenoxy) is 1. The minimum absolute atomic E-state index is 0.0543. The topological polar surface area (TPSA) is 106 Å². The Morgan fingerprint density at radius 3 is 2.72 bits per heavy atom. The third-order valence-corrected chi connectivity index (χ3v) is 6.49. The average Bonchev–Trinajstić information content (AvgIpc) is 3.37. The van der Waals surface area contributed by atoms with Crippen molar-refractivity contribution in [3.63, 3.8) is 0 Å². The molecular weight excluding hydrogens is 511 g/mol. The van der Waals surface area contributed by atoms with Crippen LogP contribution in [0.1, 0.15) is 33.6 Å². The van der Waals surface area contributed by atoms with Crippen molar-refractivity contribution in [2.75, 3.05) is 0 Å². The Kier molecular flexibility index (Phi) is 6.92. The van der Waals surface area contributed by atoms with E-state index in [2.05, 4.69) is 20.2 Å². The predicted octanol–water partition coefficient (Wildman–Crippen LogP) is 4.94. The lowest BCUT2D eigenvalue weighted by atomic mass is 10.0. The van der Waals surface area contributed by atoms with Crippen LogP contribution in [0.2, 0.25) is 0 Å². The van der Waals surface area contributed by atoms with Crippen molar-refractivity contribution in [2.24, 2.45) is 0 Å². The number of aliphatic hydroxyl groups is 1. The molecule has 0 aliphatic rings. The van der Waals surface area contributed by atoms with Crippen LogP contribution in [-0.2, 0) is 25.9 Å². The number of aromatic amines is 1. The van der Waals surface area contributed by atoms with Crippen molar-refractivity contribution in [1.82, 2.24) is 24.7 Å². The molecule has 0 amide bonds. The zero-order chi connectivity index (χ0) is 27.7. The van der Waals surface area contributed by atoms with Crippen molar-refractivity contribution < 1.29 is 23.0 Å². The number of aliphatic hydroxyl groups excluding tert-OH is 1. The minimum Gasteiger partial charge on any atom is -0.487 e. The normalized spacial score (nSPS) is 11.7. The van der Waals surface area contributed by atoms with E-state index in [1.54, 1.807) is 24.5 Å². The van der Waals surface area contributed by atoms with Crippen LogP contribution in [0.25, 0.3) is 22.2 Å². The summed E-state index contributed by atoms with van der Waals surface area (Å²) in [6, 6.07) is 11.1. The Balaban J connectivity index is 1.50. The third kappa shape index (κ3) is 5.13. The van der Waals surface area contributed by atoms with Gasteiger partial charge in [0.05, 0.1) is 30.7 Å². The molecule has 0 saturated carbocycles. The maximum atomic E-state index is 13.3. The van der Waals surface area contributed by atoms with Gasteiger partial charge in [0.25, 0.3) is 5.56 Å². The molecule has 4 aromatic heterocycles. The molecule has 0 bridgehead atoms. The van der Waals surface area contributed by atoms with Gasteiger partial charge in [-0.2, -0.15) is 18.3 Å². The molecular formula is C28H24F3N5O3. The number of benzene rings is 1. The molecule has 5 rings (SSSR count). The molecule has 8 nitrogen and oxygen atoms in total. The number of H-pyrrole nitrogens is 1. The van der Waals surface area contributed by atoms with E-state index in [1.807, 2.05) is 32.0 Å². The molecule has 4 heterocycles. The highest BCUT2D eigenvalue weighted by molar-refractivity contribution is 5.97. The van der Waals surface area contributed by atoms with Crippen LogP contribution >= 0.6 is 0 Å². The first-order chi connectivity index (χ1) is 18.7. The Morgan fingerprint density at radius 1 is 1.13 bits per heavy atom. The van der Waals surface area contributed by atoms with Gasteiger partial charge in [-0.1, -0.05) is 12.1 Å². The Labute approximate surface area is 220 Å². The van der Waals surface area contributed by atoms with E-state index in [-0.39, 0.29) is 19.8 Å². The van der Waals surface area contributed by atoms with Gasteiger partial charge in [-0.05, 0) is 49.7 Å². The molecule has 0 aliphatic heterocycles. The van der Waals surface area contributed by atoms with E-state index in [9.17, 15) is 23.1 Å². The number of rotatable bonds is 7. The van der Waals surface area contributed by atoms with Gasteiger partial charge in [0.1, 0.15) is 23.4 Å². The first kappa shape index (κ1) is 26.1. The second kappa shape index (κ2) is 10.3. The van der Waals surface area contributed by atoms with Gasteiger partial charge in [-0.3, -0.25) is 14.9 Å². The molecule has 0 atom stereocenters. The highest BCUT2D eigenvalue weighted by atomic mass is 19.4. The number of hydrogen-bond acceptors (Lipinski definition) is 6. The molecule has 2 N–H and O–H groups in total. The molecule has 0 spiro atoms. The van der Waals surface area contributed by atoms with Crippen molar-refractivity contribution in [3.05, 3.63) is 105 Å². The van der Waals surface area contributed by atoms with E-state index >= 15 is 0 Å². The molecule has 0 aliphatic carbocycles. The first-order valence-electron chi connectivity index (χ1n) is 12.0. The van der Waals surface area contributed by atoms with Crippen LogP contribution < -0.4 is 10.3 Å².